The van der Waals surface area contributed by atoms with Crippen molar-refractivity contribution >= 4 is 43.6 Å². The first-order valence-electron chi connectivity index (χ1n) is 14.9. The summed E-state index contributed by atoms with van der Waals surface area (Å²) in [5, 5.41) is 5.23. The summed E-state index contributed by atoms with van der Waals surface area (Å²) in [6.07, 6.45) is 0. The average molecular weight is 577 g/mol. The van der Waals surface area contributed by atoms with Crippen LogP contribution in [0.25, 0.3) is 89.0 Å². The largest absolute Gasteiger partial charge is 0.455 e. The van der Waals surface area contributed by atoms with Crippen LogP contribution in [0.15, 0.2) is 150 Å². The Labute approximate surface area is 258 Å². The molecule has 5 heteroatoms. The van der Waals surface area contributed by atoms with Gasteiger partial charge in [-0.15, -0.1) is 0 Å². The van der Waals surface area contributed by atoms with Crippen LogP contribution in [0.1, 0.15) is 0 Å². The Balaban J connectivity index is 1.39. The number of benzene rings is 6. The normalized spacial score (nSPS) is 11.6. The molecule has 0 saturated carbocycles. The highest BCUT2D eigenvalue weighted by molar-refractivity contribution is 6.22. The summed E-state index contributed by atoms with van der Waals surface area (Å²) in [6, 6.07) is 49.2. The van der Waals surface area contributed by atoms with Gasteiger partial charge in [0.15, 0.2) is 17.5 Å². The zero-order chi connectivity index (χ0) is 29.7. The second kappa shape index (κ2) is 10.2. The lowest BCUT2D eigenvalue weighted by atomic mass is 9.97. The van der Waals surface area contributed by atoms with E-state index in [1.54, 1.807) is 0 Å². The zero-order valence-electron chi connectivity index (χ0n) is 24.1. The summed E-state index contributed by atoms with van der Waals surface area (Å²) in [5.74, 6) is 1.77. The van der Waals surface area contributed by atoms with E-state index in [1.165, 1.54) is 0 Å². The van der Waals surface area contributed by atoms with Gasteiger partial charge in [0.25, 0.3) is 0 Å². The Morgan fingerprint density at radius 3 is 1.71 bits per heavy atom. The summed E-state index contributed by atoms with van der Waals surface area (Å²) < 4.78 is 6.62. The molecule has 3 aromatic heterocycles. The quantitative estimate of drug-likeness (QED) is 0.209. The number of aromatic nitrogens is 4. The van der Waals surface area contributed by atoms with Crippen LogP contribution >= 0.6 is 0 Å². The maximum absolute atomic E-state index is 6.62. The molecule has 9 rings (SSSR count). The van der Waals surface area contributed by atoms with Crippen molar-refractivity contribution in [3.05, 3.63) is 146 Å². The van der Waals surface area contributed by atoms with Crippen LogP contribution in [0.3, 0.4) is 0 Å². The molecule has 0 aliphatic heterocycles. The van der Waals surface area contributed by atoms with Crippen LogP contribution in [0.2, 0.25) is 0 Å². The Morgan fingerprint density at radius 2 is 0.956 bits per heavy atom. The molecular weight excluding hydrogens is 552 g/mol. The minimum atomic E-state index is 0.556. The van der Waals surface area contributed by atoms with E-state index in [4.69, 9.17) is 24.4 Å². The van der Waals surface area contributed by atoms with Crippen LogP contribution in [-0.2, 0) is 0 Å². The van der Waals surface area contributed by atoms with Gasteiger partial charge in [0.1, 0.15) is 11.2 Å². The maximum atomic E-state index is 6.62. The molecule has 0 fully saturated rings. The van der Waals surface area contributed by atoms with Gasteiger partial charge >= 0.3 is 0 Å². The van der Waals surface area contributed by atoms with Crippen molar-refractivity contribution in [1.82, 2.24) is 19.9 Å². The van der Waals surface area contributed by atoms with E-state index in [-0.39, 0.29) is 0 Å². The Morgan fingerprint density at radius 1 is 0.400 bits per heavy atom. The topological polar surface area (TPSA) is 64.7 Å². The van der Waals surface area contributed by atoms with E-state index in [9.17, 15) is 0 Å². The number of para-hydroxylation sites is 2. The molecule has 9 aromatic rings. The van der Waals surface area contributed by atoms with Gasteiger partial charge in [-0.3, -0.25) is 0 Å². The molecule has 0 atom stereocenters. The Kier molecular flexibility index (Phi) is 5.74. The molecule has 210 valence electrons. The number of pyridine rings is 1. The fourth-order valence-electron chi connectivity index (χ4n) is 6.22. The molecule has 0 N–H and O–H groups in total. The summed E-state index contributed by atoms with van der Waals surface area (Å²) in [7, 11) is 0. The van der Waals surface area contributed by atoms with Crippen LogP contribution < -0.4 is 0 Å². The Bertz CT molecular complexity index is 2480. The van der Waals surface area contributed by atoms with E-state index in [0.717, 1.165) is 71.6 Å². The van der Waals surface area contributed by atoms with Crippen molar-refractivity contribution in [2.24, 2.45) is 0 Å². The molecule has 0 unspecified atom stereocenters. The molecule has 3 heterocycles. The lowest BCUT2D eigenvalue weighted by Crippen LogP contribution is -2.01. The summed E-state index contributed by atoms with van der Waals surface area (Å²) in [5.41, 5.74) is 6.96. The van der Waals surface area contributed by atoms with Gasteiger partial charge in [-0.05, 0) is 29.0 Å². The highest BCUT2D eigenvalue weighted by Crippen LogP contribution is 2.43. The third-order valence-corrected chi connectivity index (χ3v) is 8.32. The molecule has 6 aromatic carbocycles. The van der Waals surface area contributed by atoms with E-state index < -0.39 is 0 Å². The molecule has 0 aliphatic rings. The highest BCUT2D eigenvalue weighted by atomic mass is 16.3. The molecule has 45 heavy (non-hydrogen) atoms. The molecule has 0 amide bonds. The predicted molar refractivity (Wildman–Crippen MR) is 182 cm³/mol. The number of hydrogen-bond donors (Lipinski definition) is 0. The third-order valence-electron chi connectivity index (χ3n) is 8.32. The maximum Gasteiger partial charge on any atom is 0.166 e. The lowest BCUT2D eigenvalue weighted by molar-refractivity contribution is 0.672. The molecule has 0 radical (unpaired) electrons. The van der Waals surface area contributed by atoms with E-state index in [0.29, 0.717) is 17.5 Å². The van der Waals surface area contributed by atoms with Crippen LogP contribution in [0, 0.1) is 0 Å². The number of rotatable bonds is 4. The highest BCUT2D eigenvalue weighted by Gasteiger charge is 2.22. The molecular formula is C40H24N4O. The van der Waals surface area contributed by atoms with Gasteiger partial charge in [-0.25, -0.2) is 19.9 Å². The summed E-state index contributed by atoms with van der Waals surface area (Å²) in [4.78, 5) is 20.4. The first-order chi connectivity index (χ1) is 22.3. The third kappa shape index (κ3) is 4.17. The van der Waals surface area contributed by atoms with E-state index >= 15 is 0 Å². The molecule has 0 spiro atoms. The van der Waals surface area contributed by atoms with Gasteiger partial charge in [-0.1, -0.05) is 127 Å². The number of fused-ring (bicyclic) bond motifs is 6. The van der Waals surface area contributed by atoms with Crippen molar-refractivity contribution in [3.8, 4) is 45.4 Å². The van der Waals surface area contributed by atoms with E-state index in [2.05, 4.69) is 54.6 Å². The second-order valence-electron chi connectivity index (χ2n) is 11.0. The molecule has 0 saturated heterocycles. The summed E-state index contributed by atoms with van der Waals surface area (Å²) in [6.45, 7) is 0. The molecule has 5 nitrogen and oxygen atoms in total. The molecule has 0 aliphatic carbocycles. The standard InChI is InChI=1S/C40H24N4O/c1-3-14-26(15-4-1)38-42-39(27-16-5-2-6-17-27)44-40(43-38)32-23-12-22-31-35(32)41-36(29-21-11-18-25-13-7-8-19-28(25)29)34-30-20-9-10-24-33(30)45-37(31)34/h1-24H. The van der Waals surface area contributed by atoms with Gasteiger partial charge in [-0.2, -0.15) is 0 Å². The van der Waals surface area contributed by atoms with Gasteiger partial charge in [0.2, 0.25) is 0 Å². The molecule has 0 bridgehead atoms. The van der Waals surface area contributed by atoms with Gasteiger partial charge in [0.05, 0.1) is 16.6 Å². The SMILES string of the molecule is c1ccc(-c2nc(-c3ccccc3)nc(-c3cccc4c3nc(-c3cccc5ccccc35)c3c5ccccc5oc43)n2)cc1. The minimum absolute atomic E-state index is 0.556. The minimum Gasteiger partial charge on any atom is -0.455 e. The van der Waals surface area contributed by atoms with Crippen molar-refractivity contribution in [3.63, 3.8) is 0 Å². The predicted octanol–water partition coefficient (Wildman–Crippen LogP) is 10.1. The van der Waals surface area contributed by atoms with E-state index in [1.807, 2.05) is 91.0 Å². The van der Waals surface area contributed by atoms with Crippen molar-refractivity contribution < 1.29 is 4.42 Å². The fourth-order valence-corrected chi connectivity index (χ4v) is 6.22. The second-order valence-corrected chi connectivity index (χ2v) is 11.0. The van der Waals surface area contributed by atoms with Crippen molar-refractivity contribution in [1.29, 1.82) is 0 Å². The van der Waals surface area contributed by atoms with Crippen LogP contribution in [-0.4, -0.2) is 19.9 Å². The first-order valence-corrected chi connectivity index (χ1v) is 14.9. The van der Waals surface area contributed by atoms with Crippen LogP contribution in [0.5, 0.6) is 0 Å². The Hall–Kier alpha value is -6.20. The average Bonchev–Trinajstić information content (AvgIpc) is 3.52. The summed E-state index contributed by atoms with van der Waals surface area (Å²) >= 11 is 0. The van der Waals surface area contributed by atoms with Gasteiger partial charge in [0, 0.05) is 33.0 Å². The lowest BCUT2D eigenvalue weighted by Gasteiger charge is -2.13. The van der Waals surface area contributed by atoms with Crippen molar-refractivity contribution in [2.45, 2.75) is 0 Å². The van der Waals surface area contributed by atoms with Crippen molar-refractivity contribution in [2.75, 3.05) is 0 Å². The van der Waals surface area contributed by atoms with Gasteiger partial charge < -0.3 is 4.42 Å². The van der Waals surface area contributed by atoms with Crippen LogP contribution in [0.4, 0.5) is 0 Å². The zero-order valence-corrected chi connectivity index (χ0v) is 24.1. The smallest absolute Gasteiger partial charge is 0.166 e. The number of nitrogens with zero attached hydrogens (tertiary/aromatic N) is 4. The number of hydrogen-bond acceptors (Lipinski definition) is 5. The first kappa shape index (κ1) is 25.3. The monoisotopic (exact) mass is 576 g/mol. The fraction of sp³-hybridized carbons (Fsp3) is 0. The number of furan rings is 1.